The van der Waals surface area contributed by atoms with Crippen LogP contribution < -0.4 is 11.4 Å². The SMILES string of the molecule is C[C@@H](C1CCCCC1)n1c(CN)n[nH]c1=O. The largest absolute Gasteiger partial charge is 0.343 e. The third kappa shape index (κ3) is 2.04. The van der Waals surface area contributed by atoms with Crippen LogP contribution in [-0.2, 0) is 6.54 Å². The molecule has 1 aliphatic rings. The quantitative estimate of drug-likeness (QED) is 0.809. The first kappa shape index (κ1) is 11.4. The topological polar surface area (TPSA) is 76.7 Å². The van der Waals surface area contributed by atoms with E-state index in [2.05, 4.69) is 17.1 Å². The molecule has 5 heteroatoms. The minimum absolute atomic E-state index is 0.126. The summed E-state index contributed by atoms with van der Waals surface area (Å²) in [6.07, 6.45) is 6.30. The third-order valence-corrected chi connectivity index (χ3v) is 3.70. The van der Waals surface area contributed by atoms with Crippen LogP contribution in [0.15, 0.2) is 4.79 Å². The molecule has 16 heavy (non-hydrogen) atoms. The fraction of sp³-hybridized carbons (Fsp3) is 0.818. The van der Waals surface area contributed by atoms with Crippen LogP contribution in [-0.4, -0.2) is 14.8 Å². The van der Waals surface area contributed by atoms with Gasteiger partial charge in [0.05, 0.1) is 6.54 Å². The van der Waals surface area contributed by atoms with Gasteiger partial charge in [-0.3, -0.25) is 4.57 Å². The Bertz CT molecular complexity index is 389. The molecule has 1 heterocycles. The van der Waals surface area contributed by atoms with Gasteiger partial charge < -0.3 is 5.73 Å². The van der Waals surface area contributed by atoms with E-state index in [4.69, 9.17) is 5.73 Å². The Morgan fingerprint density at radius 3 is 2.81 bits per heavy atom. The second-order valence-electron chi connectivity index (χ2n) is 4.66. The Kier molecular flexibility index (Phi) is 3.43. The molecule has 90 valence electrons. The molecular weight excluding hydrogens is 204 g/mol. The molecule has 0 spiro atoms. The molecule has 1 aromatic heterocycles. The van der Waals surface area contributed by atoms with E-state index in [-0.39, 0.29) is 11.7 Å². The van der Waals surface area contributed by atoms with Crippen molar-refractivity contribution < 1.29 is 0 Å². The maximum atomic E-state index is 11.7. The van der Waals surface area contributed by atoms with E-state index in [0.29, 0.717) is 18.3 Å². The van der Waals surface area contributed by atoms with Crippen molar-refractivity contribution >= 4 is 0 Å². The molecule has 5 nitrogen and oxygen atoms in total. The van der Waals surface area contributed by atoms with Gasteiger partial charge in [0.15, 0.2) is 0 Å². The van der Waals surface area contributed by atoms with Crippen LogP contribution in [0, 0.1) is 5.92 Å². The first-order chi connectivity index (χ1) is 7.74. The Labute approximate surface area is 95.0 Å². The van der Waals surface area contributed by atoms with Crippen molar-refractivity contribution in [1.29, 1.82) is 0 Å². The second-order valence-corrected chi connectivity index (χ2v) is 4.66. The maximum absolute atomic E-state index is 11.7. The van der Waals surface area contributed by atoms with E-state index in [1.807, 2.05) is 0 Å². The number of aromatic nitrogens is 3. The monoisotopic (exact) mass is 224 g/mol. The number of aromatic amines is 1. The maximum Gasteiger partial charge on any atom is 0.343 e. The highest BCUT2D eigenvalue weighted by atomic mass is 16.1. The predicted molar refractivity (Wildman–Crippen MR) is 62.0 cm³/mol. The normalized spacial score (nSPS) is 19.9. The Balaban J connectivity index is 2.21. The van der Waals surface area contributed by atoms with Gasteiger partial charge in [0.2, 0.25) is 0 Å². The predicted octanol–water partition coefficient (Wildman–Crippen LogP) is 1.17. The zero-order valence-electron chi connectivity index (χ0n) is 9.78. The minimum atomic E-state index is -0.126. The molecule has 0 unspecified atom stereocenters. The molecule has 1 atom stereocenters. The van der Waals surface area contributed by atoms with E-state index >= 15 is 0 Å². The first-order valence-electron chi connectivity index (χ1n) is 6.10. The highest BCUT2D eigenvalue weighted by Crippen LogP contribution is 2.32. The summed E-state index contributed by atoms with van der Waals surface area (Å²) in [7, 11) is 0. The van der Waals surface area contributed by atoms with E-state index in [9.17, 15) is 4.79 Å². The van der Waals surface area contributed by atoms with Crippen LogP contribution >= 0.6 is 0 Å². The van der Waals surface area contributed by atoms with E-state index in [1.165, 1.54) is 32.1 Å². The molecule has 0 radical (unpaired) electrons. The summed E-state index contributed by atoms with van der Waals surface area (Å²) in [5.41, 5.74) is 5.46. The van der Waals surface area contributed by atoms with Gasteiger partial charge in [0, 0.05) is 6.04 Å². The lowest BCUT2D eigenvalue weighted by Crippen LogP contribution is -2.29. The average molecular weight is 224 g/mol. The summed E-state index contributed by atoms with van der Waals surface area (Å²) in [4.78, 5) is 11.7. The van der Waals surface area contributed by atoms with Crippen LogP contribution in [0.2, 0.25) is 0 Å². The van der Waals surface area contributed by atoms with Gasteiger partial charge in [-0.1, -0.05) is 19.3 Å². The standard InChI is InChI=1S/C11H20N4O/c1-8(9-5-3-2-4-6-9)15-10(7-12)13-14-11(15)16/h8-9H,2-7,12H2,1H3,(H,14,16)/t8-/m0/s1. The Morgan fingerprint density at radius 2 is 2.19 bits per heavy atom. The number of nitrogens with two attached hydrogens (primary N) is 1. The molecule has 2 rings (SSSR count). The number of rotatable bonds is 3. The molecule has 1 saturated carbocycles. The van der Waals surface area contributed by atoms with Gasteiger partial charge in [-0.2, -0.15) is 5.10 Å². The number of H-pyrrole nitrogens is 1. The molecule has 0 amide bonds. The van der Waals surface area contributed by atoms with E-state index < -0.39 is 0 Å². The fourth-order valence-electron chi connectivity index (χ4n) is 2.73. The van der Waals surface area contributed by atoms with Crippen molar-refractivity contribution in [2.45, 2.75) is 51.6 Å². The third-order valence-electron chi connectivity index (χ3n) is 3.70. The fourth-order valence-corrected chi connectivity index (χ4v) is 2.73. The molecule has 1 aliphatic carbocycles. The molecule has 0 aromatic carbocycles. The lowest BCUT2D eigenvalue weighted by Gasteiger charge is -2.28. The van der Waals surface area contributed by atoms with Crippen molar-refractivity contribution in [2.24, 2.45) is 11.7 Å². The molecule has 0 bridgehead atoms. The molecule has 0 aliphatic heterocycles. The number of nitrogens with one attached hydrogen (secondary N) is 1. The number of hydrogen-bond acceptors (Lipinski definition) is 3. The summed E-state index contributed by atoms with van der Waals surface area (Å²) in [5, 5.41) is 6.44. The van der Waals surface area contributed by atoms with Gasteiger partial charge >= 0.3 is 5.69 Å². The summed E-state index contributed by atoms with van der Waals surface area (Å²) in [6, 6.07) is 0.213. The zero-order valence-corrected chi connectivity index (χ0v) is 9.78. The van der Waals surface area contributed by atoms with Crippen LogP contribution in [0.25, 0.3) is 0 Å². The zero-order chi connectivity index (χ0) is 11.5. The van der Waals surface area contributed by atoms with Crippen LogP contribution in [0.1, 0.15) is 50.9 Å². The molecule has 3 N–H and O–H groups in total. The van der Waals surface area contributed by atoms with Crippen molar-refractivity contribution in [1.82, 2.24) is 14.8 Å². The molecule has 1 aromatic rings. The van der Waals surface area contributed by atoms with Gasteiger partial charge in [0.1, 0.15) is 5.82 Å². The second kappa shape index (κ2) is 4.82. The summed E-state index contributed by atoms with van der Waals surface area (Å²) < 4.78 is 1.73. The van der Waals surface area contributed by atoms with Gasteiger partial charge in [-0.15, -0.1) is 0 Å². The Hall–Kier alpha value is -1.10. The smallest absolute Gasteiger partial charge is 0.324 e. The lowest BCUT2D eigenvalue weighted by molar-refractivity contribution is 0.256. The Morgan fingerprint density at radius 1 is 1.50 bits per heavy atom. The highest BCUT2D eigenvalue weighted by molar-refractivity contribution is 4.90. The molecular formula is C11H20N4O. The number of nitrogens with zero attached hydrogens (tertiary/aromatic N) is 2. The van der Waals surface area contributed by atoms with Crippen LogP contribution in [0.3, 0.4) is 0 Å². The summed E-state index contributed by atoms with van der Waals surface area (Å²) >= 11 is 0. The van der Waals surface area contributed by atoms with Gasteiger partial charge in [0.25, 0.3) is 0 Å². The van der Waals surface area contributed by atoms with Gasteiger partial charge in [-0.25, -0.2) is 9.89 Å². The van der Waals surface area contributed by atoms with Crippen molar-refractivity contribution in [3.63, 3.8) is 0 Å². The van der Waals surface area contributed by atoms with Crippen LogP contribution in [0.4, 0.5) is 0 Å². The van der Waals surface area contributed by atoms with Crippen molar-refractivity contribution in [2.75, 3.05) is 0 Å². The molecule has 1 fully saturated rings. The van der Waals surface area contributed by atoms with Crippen molar-refractivity contribution in [3.05, 3.63) is 16.3 Å². The minimum Gasteiger partial charge on any atom is -0.324 e. The molecule has 0 saturated heterocycles. The van der Waals surface area contributed by atoms with E-state index in [0.717, 1.165) is 0 Å². The van der Waals surface area contributed by atoms with E-state index in [1.54, 1.807) is 4.57 Å². The summed E-state index contributed by atoms with van der Waals surface area (Å²) in [6.45, 7) is 2.42. The average Bonchev–Trinajstić information content (AvgIpc) is 2.70. The first-order valence-corrected chi connectivity index (χ1v) is 6.10. The van der Waals surface area contributed by atoms with Crippen molar-refractivity contribution in [3.8, 4) is 0 Å². The highest BCUT2D eigenvalue weighted by Gasteiger charge is 2.24. The number of hydrogen-bond donors (Lipinski definition) is 2. The van der Waals surface area contributed by atoms with Gasteiger partial charge in [-0.05, 0) is 25.7 Å². The summed E-state index contributed by atoms with van der Waals surface area (Å²) in [5.74, 6) is 1.26. The van der Waals surface area contributed by atoms with Crippen LogP contribution in [0.5, 0.6) is 0 Å². The lowest BCUT2D eigenvalue weighted by atomic mass is 9.84.